The first-order valence-corrected chi connectivity index (χ1v) is 11.7. The van der Waals surface area contributed by atoms with Crippen molar-refractivity contribution in [1.29, 1.82) is 0 Å². The van der Waals surface area contributed by atoms with Crippen molar-refractivity contribution in [3.8, 4) is 5.75 Å². The molecule has 1 fully saturated rings. The van der Waals surface area contributed by atoms with Crippen LogP contribution in [0.25, 0.3) is 0 Å². The summed E-state index contributed by atoms with van der Waals surface area (Å²) < 4.78 is 6.06. The first-order chi connectivity index (χ1) is 15.5. The van der Waals surface area contributed by atoms with Crippen LogP contribution in [0.1, 0.15) is 36.0 Å². The lowest BCUT2D eigenvalue weighted by atomic mass is 9.66. The summed E-state index contributed by atoms with van der Waals surface area (Å²) >= 11 is 0. The minimum Gasteiger partial charge on any atom is -0.489 e. The molecular formula is C29H35NO2. The van der Waals surface area contributed by atoms with Gasteiger partial charge in [-0.15, -0.1) is 0 Å². The van der Waals surface area contributed by atoms with Crippen LogP contribution in [0, 0.1) is 11.8 Å². The summed E-state index contributed by atoms with van der Waals surface area (Å²) in [5.74, 6) is 1.60. The highest BCUT2D eigenvalue weighted by Gasteiger charge is 2.43. The third-order valence-electron chi connectivity index (χ3n) is 6.76. The van der Waals surface area contributed by atoms with Crippen molar-refractivity contribution in [2.75, 3.05) is 20.6 Å². The third-order valence-corrected chi connectivity index (χ3v) is 6.76. The van der Waals surface area contributed by atoms with Gasteiger partial charge in [0.15, 0.2) is 0 Å². The Labute approximate surface area is 192 Å². The zero-order valence-electron chi connectivity index (χ0n) is 19.3. The molecule has 3 unspecified atom stereocenters. The number of nitrogens with zero attached hydrogens (tertiary/aromatic N) is 1. The standard InChI is InChI=1S/C29H35NO2/c1-30(2)21-27-19-25(18-23-10-5-3-6-11-23)16-17-29(27,31)26-14-9-15-28(20-26)32-22-24-12-7-4-8-13-24/h3-15,20,25,27,31H,16-19,21-22H2,1-2H3. The van der Waals surface area contributed by atoms with Gasteiger partial charge in [-0.1, -0.05) is 72.8 Å². The Bertz CT molecular complexity index is 973. The zero-order chi connectivity index (χ0) is 22.4. The molecule has 0 radical (unpaired) electrons. The Balaban J connectivity index is 1.50. The minimum atomic E-state index is -0.830. The van der Waals surface area contributed by atoms with Gasteiger partial charge in [-0.3, -0.25) is 0 Å². The minimum absolute atomic E-state index is 0.185. The first-order valence-electron chi connectivity index (χ1n) is 11.7. The topological polar surface area (TPSA) is 32.7 Å². The molecule has 0 aliphatic heterocycles. The van der Waals surface area contributed by atoms with E-state index in [2.05, 4.69) is 67.5 Å². The van der Waals surface area contributed by atoms with Gasteiger partial charge in [0.1, 0.15) is 12.4 Å². The summed E-state index contributed by atoms with van der Waals surface area (Å²) in [6.45, 7) is 1.40. The zero-order valence-corrected chi connectivity index (χ0v) is 19.3. The SMILES string of the molecule is CN(C)CC1CC(Cc2ccccc2)CCC1(O)c1cccc(OCc2ccccc2)c1. The largest absolute Gasteiger partial charge is 0.489 e. The maximum Gasteiger partial charge on any atom is 0.120 e. The predicted molar refractivity (Wildman–Crippen MR) is 131 cm³/mol. The van der Waals surface area contributed by atoms with Gasteiger partial charge in [0.2, 0.25) is 0 Å². The Morgan fingerprint density at radius 2 is 1.59 bits per heavy atom. The van der Waals surface area contributed by atoms with Gasteiger partial charge in [0.25, 0.3) is 0 Å². The van der Waals surface area contributed by atoms with E-state index in [4.69, 9.17) is 4.74 Å². The van der Waals surface area contributed by atoms with E-state index in [1.165, 1.54) is 5.56 Å². The molecule has 0 aromatic heterocycles. The monoisotopic (exact) mass is 429 g/mol. The van der Waals surface area contributed by atoms with E-state index in [0.717, 1.165) is 49.1 Å². The second-order valence-corrected chi connectivity index (χ2v) is 9.52. The van der Waals surface area contributed by atoms with Gasteiger partial charge >= 0.3 is 0 Å². The summed E-state index contributed by atoms with van der Waals surface area (Å²) in [5, 5.41) is 12.0. The van der Waals surface area contributed by atoms with Crippen LogP contribution in [0.4, 0.5) is 0 Å². The number of benzene rings is 3. The molecular weight excluding hydrogens is 394 g/mol. The Hall–Kier alpha value is -2.62. The van der Waals surface area contributed by atoms with Crippen molar-refractivity contribution in [2.24, 2.45) is 11.8 Å². The van der Waals surface area contributed by atoms with Crippen LogP contribution in [-0.2, 0) is 18.6 Å². The highest BCUT2D eigenvalue weighted by molar-refractivity contribution is 5.34. The first kappa shape index (κ1) is 22.6. The summed E-state index contributed by atoms with van der Waals surface area (Å²) in [5.41, 5.74) is 2.68. The molecule has 3 heteroatoms. The Kier molecular flexibility index (Phi) is 7.29. The molecule has 0 heterocycles. The molecule has 1 aliphatic carbocycles. The van der Waals surface area contributed by atoms with E-state index in [9.17, 15) is 5.11 Å². The smallest absolute Gasteiger partial charge is 0.120 e. The molecule has 3 nitrogen and oxygen atoms in total. The molecule has 0 saturated heterocycles. The molecule has 0 bridgehead atoms. The lowest BCUT2D eigenvalue weighted by Gasteiger charge is -2.44. The highest BCUT2D eigenvalue weighted by Crippen LogP contribution is 2.45. The van der Waals surface area contributed by atoms with Crippen LogP contribution in [0.2, 0.25) is 0 Å². The van der Waals surface area contributed by atoms with E-state index in [0.29, 0.717) is 12.5 Å². The van der Waals surface area contributed by atoms with Crippen LogP contribution in [-0.4, -0.2) is 30.6 Å². The third kappa shape index (κ3) is 5.59. The molecule has 3 aromatic rings. The Morgan fingerprint density at radius 1 is 0.906 bits per heavy atom. The maximum atomic E-state index is 12.0. The number of rotatable bonds is 8. The lowest BCUT2D eigenvalue weighted by Crippen LogP contribution is -2.45. The van der Waals surface area contributed by atoms with Crippen molar-refractivity contribution >= 4 is 0 Å². The van der Waals surface area contributed by atoms with Crippen molar-refractivity contribution < 1.29 is 9.84 Å². The quantitative estimate of drug-likeness (QED) is 0.500. The molecule has 0 amide bonds. The van der Waals surface area contributed by atoms with E-state index in [-0.39, 0.29) is 5.92 Å². The van der Waals surface area contributed by atoms with Crippen molar-refractivity contribution in [3.63, 3.8) is 0 Å². The summed E-state index contributed by atoms with van der Waals surface area (Å²) in [7, 11) is 4.20. The van der Waals surface area contributed by atoms with Gasteiger partial charge in [-0.2, -0.15) is 0 Å². The van der Waals surface area contributed by atoms with Crippen molar-refractivity contribution in [1.82, 2.24) is 4.90 Å². The summed E-state index contributed by atoms with van der Waals surface area (Å²) in [4.78, 5) is 2.20. The number of hydrogen-bond acceptors (Lipinski definition) is 3. The van der Waals surface area contributed by atoms with Crippen LogP contribution in [0.15, 0.2) is 84.9 Å². The fourth-order valence-electron chi connectivity index (χ4n) is 5.12. The number of ether oxygens (including phenoxy) is 1. The molecule has 1 N–H and O–H groups in total. The van der Waals surface area contributed by atoms with Crippen molar-refractivity contribution in [3.05, 3.63) is 102 Å². The lowest BCUT2D eigenvalue weighted by molar-refractivity contribution is -0.0753. The average Bonchev–Trinajstić information content (AvgIpc) is 2.81. The van der Waals surface area contributed by atoms with E-state index >= 15 is 0 Å². The van der Waals surface area contributed by atoms with Gasteiger partial charge in [-0.25, -0.2) is 0 Å². The predicted octanol–water partition coefficient (Wildman–Crippen LogP) is 5.67. The molecule has 0 spiro atoms. The van der Waals surface area contributed by atoms with Crippen LogP contribution in [0.3, 0.4) is 0 Å². The normalized spacial score (nSPS) is 23.2. The molecule has 168 valence electrons. The van der Waals surface area contributed by atoms with Gasteiger partial charge in [-0.05, 0) is 74.5 Å². The molecule has 1 aliphatic rings. The molecule has 4 rings (SSSR count). The Morgan fingerprint density at radius 3 is 2.28 bits per heavy atom. The number of aliphatic hydroxyl groups is 1. The fourth-order valence-corrected chi connectivity index (χ4v) is 5.12. The van der Waals surface area contributed by atoms with E-state index in [1.54, 1.807) is 0 Å². The average molecular weight is 430 g/mol. The second-order valence-electron chi connectivity index (χ2n) is 9.52. The molecule has 32 heavy (non-hydrogen) atoms. The molecule has 3 aromatic carbocycles. The molecule has 3 atom stereocenters. The number of hydrogen-bond donors (Lipinski definition) is 1. The van der Waals surface area contributed by atoms with Crippen LogP contribution < -0.4 is 4.74 Å². The molecule has 1 saturated carbocycles. The van der Waals surface area contributed by atoms with Gasteiger partial charge in [0.05, 0.1) is 5.60 Å². The van der Waals surface area contributed by atoms with Crippen LogP contribution in [0.5, 0.6) is 5.75 Å². The van der Waals surface area contributed by atoms with Gasteiger partial charge < -0.3 is 14.7 Å². The van der Waals surface area contributed by atoms with E-state index in [1.807, 2.05) is 36.4 Å². The summed E-state index contributed by atoms with van der Waals surface area (Å²) in [6, 6.07) is 29.0. The summed E-state index contributed by atoms with van der Waals surface area (Å²) in [6.07, 6.45) is 3.93. The fraction of sp³-hybridized carbons (Fsp3) is 0.379. The van der Waals surface area contributed by atoms with E-state index < -0.39 is 5.60 Å². The van der Waals surface area contributed by atoms with Crippen LogP contribution >= 0.6 is 0 Å². The second kappa shape index (κ2) is 10.3. The highest BCUT2D eigenvalue weighted by atomic mass is 16.5. The van der Waals surface area contributed by atoms with Crippen molar-refractivity contribution in [2.45, 2.75) is 37.9 Å². The van der Waals surface area contributed by atoms with Gasteiger partial charge in [0, 0.05) is 12.5 Å². The maximum absolute atomic E-state index is 12.0.